The van der Waals surface area contributed by atoms with Crippen LogP contribution >= 0.6 is 11.8 Å². The molecule has 26 heavy (non-hydrogen) atoms. The molecule has 0 saturated heterocycles. The summed E-state index contributed by atoms with van der Waals surface area (Å²) in [6.07, 6.45) is 1.26. The normalized spacial score (nSPS) is 19.7. The second-order valence-corrected chi connectivity index (χ2v) is 8.20. The molecule has 0 saturated carbocycles. The predicted molar refractivity (Wildman–Crippen MR) is 101 cm³/mol. The van der Waals surface area contributed by atoms with Crippen LogP contribution in [0.3, 0.4) is 0 Å². The number of carbonyl (C=O) groups excluding carboxylic acids is 2. The number of nitrogens with one attached hydrogen (secondary N) is 1. The van der Waals surface area contributed by atoms with Gasteiger partial charge in [0.15, 0.2) is 0 Å². The van der Waals surface area contributed by atoms with Gasteiger partial charge < -0.3 is 9.84 Å². The maximum atomic E-state index is 12.8. The first-order valence-electron chi connectivity index (χ1n) is 8.77. The molecular weight excluding hydrogens is 358 g/mol. The number of nitrogens with zero attached hydrogens (tertiary/aromatic N) is 2. The lowest BCUT2D eigenvalue weighted by Crippen LogP contribution is -2.51. The molecule has 0 aromatic heterocycles. The molecule has 8 nitrogen and oxygen atoms in total. The smallest absolute Gasteiger partial charge is 0.339 e. The van der Waals surface area contributed by atoms with Crippen LogP contribution in [-0.4, -0.2) is 57.1 Å². The standard InChI is InChI=1S/C17H29N3O5S/c1-7-9-11(15(24)25-8-2)18-10(3)12(21)20-13(14(22)23)26-16(19-20)17(4,5)6/h10-11,13,18H,7-9H2,1-6H3,(H,22,23)/t10-,11+,13+/m0/s1. The number of aliphatic carboxylic acids is 1. The lowest BCUT2D eigenvalue weighted by molar-refractivity contribution is -0.149. The van der Waals surface area contributed by atoms with Crippen molar-refractivity contribution >= 4 is 34.7 Å². The molecule has 1 rings (SSSR count). The summed E-state index contributed by atoms with van der Waals surface area (Å²) >= 11 is 1.06. The summed E-state index contributed by atoms with van der Waals surface area (Å²) in [5.74, 6) is -2.04. The fourth-order valence-corrected chi connectivity index (χ4v) is 3.40. The van der Waals surface area contributed by atoms with E-state index in [-0.39, 0.29) is 12.0 Å². The lowest BCUT2D eigenvalue weighted by Gasteiger charge is -2.25. The molecule has 0 bridgehead atoms. The second kappa shape index (κ2) is 9.36. The van der Waals surface area contributed by atoms with Gasteiger partial charge in [0.25, 0.3) is 5.91 Å². The van der Waals surface area contributed by atoms with Crippen LogP contribution in [0, 0.1) is 5.41 Å². The summed E-state index contributed by atoms with van der Waals surface area (Å²) in [6, 6.07) is -1.40. The number of thioether (sulfide) groups is 1. The Morgan fingerprint density at radius 1 is 1.35 bits per heavy atom. The van der Waals surface area contributed by atoms with E-state index in [1.165, 1.54) is 0 Å². The molecule has 0 aromatic carbocycles. The highest BCUT2D eigenvalue weighted by atomic mass is 32.2. The fraction of sp³-hybridized carbons (Fsp3) is 0.765. The summed E-state index contributed by atoms with van der Waals surface area (Å²) < 4.78 is 5.03. The number of hydrogen-bond acceptors (Lipinski definition) is 7. The van der Waals surface area contributed by atoms with Gasteiger partial charge in [0, 0.05) is 5.41 Å². The number of carbonyl (C=O) groups is 3. The number of esters is 1. The van der Waals surface area contributed by atoms with Crippen molar-refractivity contribution in [3.63, 3.8) is 0 Å². The molecular formula is C17H29N3O5S. The van der Waals surface area contributed by atoms with Gasteiger partial charge in [-0.2, -0.15) is 5.10 Å². The van der Waals surface area contributed by atoms with E-state index in [4.69, 9.17) is 4.74 Å². The summed E-state index contributed by atoms with van der Waals surface area (Å²) in [5.41, 5.74) is -0.361. The van der Waals surface area contributed by atoms with Gasteiger partial charge in [0.2, 0.25) is 5.37 Å². The molecule has 1 amide bonds. The van der Waals surface area contributed by atoms with Crippen molar-refractivity contribution in [1.82, 2.24) is 10.3 Å². The van der Waals surface area contributed by atoms with E-state index in [1.807, 2.05) is 27.7 Å². The van der Waals surface area contributed by atoms with E-state index >= 15 is 0 Å². The molecule has 9 heteroatoms. The molecule has 0 aromatic rings. The predicted octanol–water partition coefficient (Wildman–Crippen LogP) is 2.04. The molecule has 3 atom stereocenters. The minimum atomic E-state index is -1.13. The molecule has 2 N–H and O–H groups in total. The van der Waals surface area contributed by atoms with Gasteiger partial charge in [0.05, 0.1) is 12.6 Å². The zero-order chi connectivity index (χ0) is 20.1. The van der Waals surface area contributed by atoms with Gasteiger partial charge in [-0.1, -0.05) is 45.9 Å². The highest BCUT2D eigenvalue weighted by Gasteiger charge is 2.42. The quantitative estimate of drug-likeness (QED) is 0.614. The molecule has 0 radical (unpaired) electrons. The van der Waals surface area contributed by atoms with E-state index in [0.717, 1.165) is 23.2 Å². The molecule has 0 unspecified atom stereocenters. The first-order chi connectivity index (χ1) is 12.0. The molecule has 1 aliphatic heterocycles. The third kappa shape index (κ3) is 5.70. The third-order valence-corrected chi connectivity index (χ3v) is 5.23. The van der Waals surface area contributed by atoms with E-state index < -0.39 is 35.3 Å². The van der Waals surface area contributed by atoms with Crippen LogP contribution in [-0.2, 0) is 19.1 Å². The van der Waals surface area contributed by atoms with Crippen LogP contribution in [0.5, 0.6) is 0 Å². The molecule has 0 aliphatic carbocycles. The second-order valence-electron chi connectivity index (χ2n) is 7.13. The van der Waals surface area contributed by atoms with Crippen molar-refractivity contribution in [3.8, 4) is 0 Å². The Bertz CT molecular complexity index is 573. The van der Waals surface area contributed by atoms with Crippen molar-refractivity contribution in [2.75, 3.05) is 6.61 Å². The molecule has 0 spiro atoms. The Morgan fingerprint density at radius 2 is 1.96 bits per heavy atom. The first kappa shape index (κ1) is 22.4. The lowest BCUT2D eigenvalue weighted by atomic mass is 9.99. The van der Waals surface area contributed by atoms with Crippen molar-refractivity contribution in [3.05, 3.63) is 0 Å². The molecule has 1 aliphatic rings. The minimum Gasteiger partial charge on any atom is -0.479 e. The summed E-state index contributed by atoms with van der Waals surface area (Å²) in [5, 5.41) is 17.1. The number of amides is 1. The van der Waals surface area contributed by atoms with Crippen LogP contribution in [0.15, 0.2) is 5.10 Å². The fourth-order valence-electron chi connectivity index (χ4n) is 2.35. The number of ether oxygens (including phenoxy) is 1. The van der Waals surface area contributed by atoms with Crippen molar-refractivity contribution < 1.29 is 24.2 Å². The van der Waals surface area contributed by atoms with Crippen LogP contribution in [0.4, 0.5) is 0 Å². The van der Waals surface area contributed by atoms with Crippen LogP contribution < -0.4 is 5.32 Å². The Kier molecular flexibility index (Phi) is 8.08. The Morgan fingerprint density at radius 3 is 2.42 bits per heavy atom. The first-order valence-corrected chi connectivity index (χ1v) is 9.65. The van der Waals surface area contributed by atoms with E-state index in [2.05, 4.69) is 10.4 Å². The van der Waals surface area contributed by atoms with Crippen molar-refractivity contribution in [1.29, 1.82) is 0 Å². The van der Waals surface area contributed by atoms with Gasteiger partial charge in [-0.15, -0.1) is 0 Å². The monoisotopic (exact) mass is 387 g/mol. The van der Waals surface area contributed by atoms with Crippen molar-refractivity contribution in [2.24, 2.45) is 10.5 Å². The van der Waals surface area contributed by atoms with Gasteiger partial charge in [-0.3, -0.25) is 14.9 Å². The summed E-state index contributed by atoms with van der Waals surface area (Å²) in [4.78, 5) is 36.4. The Hall–Kier alpha value is -1.61. The SMILES string of the molecule is CCC[C@@H](N[C@@H](C)C(=O)N1N=C(C(C)(C)C)S[C@@H]1C(=O)O)C(=O)OCC. The highest BCUT2D eigenvalue weighted by Crippen LogP contribution is 2.35. The highest BCUT2D eigenvalue weighted by molar-refractivity contribution is 8.15. The van der Waals surface area contributed by atoms with Gasteiger partial charge in [0.1, 0.15) is 11.1 Å². The van der Waals surface area contributed by atoms with Gasteiger partial charge >= 0.3 is 11.9 Å². The topological polar surface area (TPSA) is 108 Å². The molecule has 1 heterocycles. The number of carboxylic acids is 1. The number of carboxylic acid groups (broad SMARTS) is 1. The largest absolute Gasteiger partial charge is 0.479 e. The van der Waals surface area contributed by atoms with Crippen LogP contribution in [0.25, 0.3) is 0 Å². The maximum absolute atomic E-state index is 12.8. The number of hydrazone groups is 1. The zero-order valence-corrected chi connectivity index (χ0v) is 17.1. The minimum absolute atomic E-state index is 0.256. The van der Waals surface area contributed by atoms with Crippen LogP contribution in [0.2, 0.25) is 0 Å². The van der Waals surface area contributed by atoms with Crippen molar-refractivity contribution in [2.45, 2.75) is 71.8 Å². The molecule has 0 fully saturated rings. The number of hydrogen-bond donors (Lipinski definition) is 2. The average Bonchev–Trinajstić information content (AvgIpc) is 2.99. The van der Waals surface area contributed by atoms with Crippen LogP contribution in [0.1, 0.15) is 54.4 Å². The third-order valence-electron chi connectivity index (χ3n) is 3.69. The summed E-state index contributed by atoms with van der Waals surface area (Å²) in [7, 11) is 0. The Balaban J connectivity index is 2.94. The average molecular weight is 388 g/mol. The number of rotatable bonds is 8. The van der Waals surface area contributed by atoms with E-state index in [9.17, 15) is 19.5 Å². The Labute approximate surface area is 158 Å². The van der Waals surface area contributed by atoms with E-state index in [0.29, 0.717) is 11.5 Å². The maximum Gasteiger partial charge on any atom is 0.339 e. The summed E-state index contributed by atoms with van der Waals surface area (Å²) in [6.45, 7) is 11.2. The van der Waals surface area contributed by atoms with E-state index in [1.54, 1.807) is 13.8 Å². The van der Waals surface area contributed by atoms with Gasteiger partial charge in [-0.05, 0) is 20.3 Å². The van der Waals surface area contributed by atoms with Gasteiger partial charge in [-0.25, -0.2) is 9.80 Å². The zero-order valence-electron chi connectivity index (χ0n) is 16.2. The molecule has 148 valence electrons.